The van der Waals surface area contributed by atoms with Gasteiger partial charge in [-0.3, -0.25) is 4.79 Å². The molecule has 0 radical (unpaired) electrons. The average Bonchev–Trinajstić information content (AvgIpc) is 2.93. The predicted molar refractivity (Wildman–Crippen MR) is 102 cm³/mol. The zero-order valence-corrected chi connectivity index (χ0v) is 16.7. The van der Waals surface area contributed by atoms with Crippen molar-refractivity contribution in [1.29, 1.82) is 0 Å². The molecule has 1 aromatic carbocycles. The van der Waals surface area contributed by atoms with Crippen LogP contribution in [0, 0.1) is 5.82 Å². The van der Waals surface area contributed by atoms with E-state index in [4.69, 9.17) is 16.3 Å². The van der Waals surface area contributed by atoms with Crippen LogP contribution in [0.3, 0.4) is 0 Å². The lowest BCUT2D eigenvalue weighted by atomic mass is 9.88. The van der Waals surface area contributed by atoms with E-state index in [9.17, 15) is 19.1 Å². The number of piperidine rings is 1. The van der Waals surface area contributed by atoms with E-state index in [1.807, 2.05) is 0 Å². The Morgan fingerprint density at radius 3 is 2.68 bits per heavy atom. The molecule has 2 atom stereocenters. The van der Waals surface area contributed by atoms with Gasteiger partial charge in [-0.2, -0.15) is 0 Å². The number of hydrogen-bond donors (Lipinski definition) is 3. The third kappa shape index (κ3) is 4.17. The van der Waals surface area contributed by atoms with Gasteiger partial charge < -0.3 is 25.4 Å². The second-order valence-electron chi connectivity index (χ2n) is 7.58. The fraction of sp³-hybridized carbons (Fsp3) is 0.579. The summed E-state index contributed by atoms with van der Waals surface area (Å²) in [6.07, 6.45) is 0.926. The molecule has 2 fully saturated rings. The van der Waals surface area contributed by atoms with Crippen LogP contribution in [0.2, 0.25) is 5.02 Å². The van der Waals surface area contributed by atoms with E-state index in [-0.39, 0.29) is 23.3 Å². The number of halogens is 2. The summed E-state index contributed by atoms with van der Waals surface area (Å²) in [6.45, 7) is 2.82. The number of benzene rings is 1. The highest BCUT2D eigenvalue weighted by molar-refractivity contribution is 6.30. The number of carbonyl (C=O) groups excluding carboxylic acids is 2. The van der Waals surface area contributed by atoms with E-state index >= 15 is 0 Å². The van der Waals surface area contributed by atoms with Gasteiger partial charge in [-0.25, -0.2) is 9.18 Å². The lowest BCUT2D eigenvalue weighted by Crippen LogP contribution is -2.48. The van der Waals surface area contributed by atoms with Crippen molar-refractivity contribution in [3.05, 3.63) is 28.5 Å². The number of rotatable bonds is 5. The van der Waals surface area contributed by atoms with Crippen LogP contribution in [-0.4, -0.2) is 53.9 Å². The minimum Gasteiger partial charge on any atom is -0.496 e. The van der Waals surface area contributed by atoms with Crippen molar-refractivity contribution in [3.63, 3.8) is 0 Å². The minimum absolute atomic E-state index is 0.0254. The Balaban J connectivity index is 1.56. The number of nitrogens with zero attached hydrogens (tertiary/aromatic N) is 1. The van der Waals surface area contributed by atoms with Crippen LogP contribution in [0.4, 0.5) is 9.18 Å². The molecule has 2 heterocycles. The first-order chi connectivity index (χ1) is 13.2. The highest BCUT2D eigenvalue weighted by atomic mass is 35.5. The number of amides is 3. The zero-order chi connectivity index (χ0) is 20.5. The molecule has 2 saturated heterocycles. The molecule has 154 valence electrons. The van der Waals surface area contributed by atoms with Crippen LogP contribution in [0.5, 0.6) is 5.75 Å². The normalized spacial score (nSPS) is 25.4. The predicted octanol–water partition coefficient (Wildman–Crippen LogP) is 2.36. The van der Waals surface area contributed by atoms with E-state index in [1.54, 1.807) is 11.8 Å². The highest BCUT2D eigenvalue weighted by Crippen LogP contribution is 2.37. The number of aliphatic hydroxyl groups is 1. The summed E-state index contributed by atoms with van der Waals surface area (Å²) in [4.78, 5) is 25.7. The molecular weight excluding hydrogens is 389 g/mol. The van der Waals surface area contributed by atoms with Crippen LogP contribution in [-0.2, 0) is 4.79 Å². The topological polar surface area (TPSA) is 90.9 Å². The standard InChI is InChI=1S/C19H25ClFN3O4/c1-19(17(26)22-18(27)23-19)6-3-16(25)24-7-4-11(5-8-24)12-9-14(21)13(20)10-15(12)28-2/h9-11,17,26H,3-8H2,1-2H3,(H2,22,23,27)/t17?,19-/m1/s1. The average molecular weight is 414 g/mol. The van der Waals surface area contributed by atoms with Crippen molar-refractivity contribution in [2.75, 3.05) is 20.2 Å². The van der Waals surface area contributed by atoms with Crippen LogP contribution in [0.1, 0.15) is 44.1 Å². The molecule has 1 unspecified atom stereocenters. The summed E-state index contributed by atoms with van der Waals surface area (Å²) in [5.41, 5.74) is -0.0916. The van der Waals surface area contributed by atoms with Crippen LogP contribution in [0.15, 0.2) is 12.1 Å². The number of methoxy groups -OCH3 is 1. The lowest BCUT2D eigenvalue weighted by molar-refractivity contribution is -0.132. The Kier molecular flexibility index (Phi) is 6.00. The van der Waals surface area contributed by atoms with Crippen molar-refractivity contribution in [2.45, 2.75) is 50.3 Å². The van der Waals surface area contributed by atoms with E-state index in [1.165, 1.54) is 19.2 Å². The molecule has 3 rings (SSSR count). The summed E-state index contributed by atoms with van der Waals surface area (Å²) in [7, 11) is 1.53. The van der Waals surface area contributed by atoms with Gasteiger partial charge >= 0.3 is 6.03 Å². The van der Waals surface area contributed by atoms with Crippen molar-refractivity contribution in [2.24, 2.45) is 0 Å². The molecule has 2 aliphatic rings. The summed E-state index contributed by atoms with van der Waals surface area (Å²) in [5, 5.41) is 15.0. The molecule has 7 nitrogen and oxygen atoms in total. The summed E-state index contributed by atoms with van der Waals surface area (Å²) in [5.74, 6) is 0.142. The van der Waals surface area contributed by atoms with Gasteiger partial charge in [0.25, 0.3) is 0 Å². The lowest BCUT2D eigenvalue weighted by Gasteiger charge is -2.34. The molecule has 0 aromatic heterocycles. The molecule has 0 bridgehead atoms. The quantitative estimate of drug-likeness (QED) is 0.691. The van der Waals surface area contributed by atoms with Gasteiger partial charge in [0.15, 0.2) is 6.23 Å². The van der Waals surface area contributed by atoms with Crippen LogP contribution in [0.25, 0.3) is 0 Å². The first-order valence-electron chi connectivity index (χ1n) is 9.31. The van der Waals surface area contributed by atoms with Gasteiger partial charge in [0, 0.05) is 31.1 Å². The molecule has 2 aliphatic heterocycles. The van der Waals surface area contributed by atoms with Crippen molar-refractivity contribution >= 4 is 23.5 Å². The minimum atomic E-state index is -1.02. The molecule has 9 heteroatoms. The monoisotopic (exact) mass is 413 g/mol. The van der Waals surface area contributed by atoms with Crippen LogP contribution < -0.4 is 15.4 Å². The Morgan fingerprint density at radius 2 is 2.11 bits per heavy atom. The third-order valence-electron chi connectivity index (χ3n) is 5.69. The Bertz CT molecular complexity index is 770. The maximum absolute atomic E-state index is 13.9. The Hall–Kier alpha value is -2.06. The van der Waals surface area contributed by atoms with Gasteiger partial charge in [-0.1, -0.05) is 11.6 Å². The summed E-state index contributed by atoms with van der Waals surface area (Å²) < 4.78 is 19.2. The zero-order valence-electron chi connectivity index (χ0n) is 15.9. The SMILES string of the molecule is COc1cc(Cl)c(F)cc1C1CCN(C(=O)CC[C@@]2(C)NC(=O)NC2O)CC1. The molecule has 3 amide bonds. The second kappa shape index (κ2) is 8.13. The molecule has 0 spiro atoms. The largest absolute Gasteiger partial charge is 0.496 e. The van der Waals surface area contributed by atoms with E-state index in [0.29, 0.717) is 38.1 Å². The van der Waals surface area contributed by atoms with E-state index in [0.717, 1.165) is 5.56 Å². The van der Waals surface area contributed by atoms with Crippen LogP contribution >= 0.6 is 11.6 Å². The first-order valence-corrected chi connectivity index (χ1v) is 9.69. The third-order valence-corrected chi connectivity index (χ3v) is 5.98. The fourth-order valence-electron chi connectivity index (χ4n) is 3.85. The van der Waals surface area contributed by atoms with Gasteiger partial charge in [-0.05, 0) is 38.2 Å². The number of hydrogen-bond acceptors (Lipinski definition) is 4. The van der Waals surface area contributed by atoms with E-state index < -0.39 is 23.6 Å². The molecule has 0 aliphatic carbocycles. The Labute approximate surface area is 168 Å². The van der Waals surface area contributed by atoms with Gasteiger partial charge in [0.1, 0.15) is 11.6 Å². The molecule has 1 aromatic rings. The number of nitrogens with one attached hydrogen (secondary N) is 2. The van der Waals surface area contributed by atoms with Crippen molar-refractivity contribution in [3.8, 4) is 5.75 Å². The maximum Gasteiger partial charge on any atom is 0.317 e. The van der Waals surface area contributed by atoms with Gasteiger partial charge in [0.2, 0.25) is 5.91 Å². The fourth-order valence-corrected chi connectivity index (χ4v) is 4.00. The van der Waals surface area contributed by atoms with Crippen molar-refractivity contribution < 1.29 is 23.8 Å². The first kappa shape index (κ1) is 20.7. The molecule has 0 saturated carbocycles. The number of aliphatic hydroxyl groups excluding tert-OH is 1. The molecular formula is C19H25ClFN3O4. The second-order valence-corrected chi connectivity index (χ2v) is 7.99. The molecule has 28 heavy (non-hydrogen) atoms. The molecule has 3 N–H and O–H groups in total. The van der Waals surface area contributed by atoms with E-state index in [2.05, 4.69) is 10.6 Å². The Morgan fingerprint density at radius 1 is 1.43 bits per heavy atom. The number of urea groups is 1. The number of ether oxygens (including phenoxy) is 1. The smallest absolute Gasteiger partial charge is 0.317 e. The highest BCUT2D eigenvalue weighted by Gasteiger charge is 2.42. The summed E-state index contributed by atoms with van der Waals surface area (Å²) in [6, 6.07) is 2.47. The van der Waals surface area contributed by atoms with Gasteiger partial charge in [-0.15, -0.1) is 0 Å². The van der Waals surface area contributed by atoms with Gasteiger partial charge in [0.05, 0.1) is 17.7 Å². The summed E-state index contributed by atoms with van der Waals surface area (Å²) >= 11 is 5.83. The maximum atomic E-state index is 13.9. The van der Waals surface area contributed by atoms with Crippen molar-refractivity contribution in [1.82, 2.24) is 15.5 Å². The number of carbonyl (C=O) groups is 2. The number of likely N-dealkylation sites (tertiary alicyclic amines) is 1.